The lowest BCUT2D eigenvalue weighted by molar-refractivity contribution is 0.225. The van der Waals surface area contributed by atoms with E-state index in [-0.39, 0.29) is 0 Å². The van der Waals surface area contributed by atoms with E-state index in [1.54, 1.807) is 0 Å². The third-order valence-corrected chi connectivity index (χ3v) is 5.07. The van der Waals surface area contributed by atoms with E-state index in [1.807, 2.05) is 30.3 Å². The quantitative estimate of drug-likeness (QED) is 0.488. The monoisotopic (exact) mass is 365 g/mol. The van der Waals surface area contributed by atoms with Crippen LogP contribution >= 0.6 is 0 Å². The summed E-state index contributed by atoms with van der Waals surface area (Å²) in [5.74, 6) is 0.540. The van der Waals surface area contributed by atoms with Crippen molar-refractivity contribution in [3.63, 3.8) is 0 Å². The summed E-state index contributed by atoms with van der Waals surface area (Å²) in [7, 11) is 0. The molecule has 0 N–H and O–H groups in total. The molecule has 5 heteroatoms. The van der Waals surface area contributed by atoms with Crippen molar-refractivity contribution in [2.45, 2.75) is 6.42 Å². The number of ether oxygens (including phenoxy) is 1. The molecule has 0 radical (unpaired) electrons. The Labute approximate surface area is 159 Å². The van der Waals surface area contributed by atoms with Gasteiger partial charge in [-0.1, -0.05) is 36.4 Å². The minimum atomic E-state index is -0.416. The Hall–Kier alpha value is -2.66. The lowest BCUT2D eigenvalue weighted by atomic mass is 10.1. The van der Waals surface area contributed by atoms with E-state index in [2.05, 4.69) is 33.0 Å². The zero-order chi connectivity index (χ0) is 18.5. The van der Waals surface area contributed by atoms with Crippen molar-refractivity contribution in [1.82, 2.24) is 9.88 Å². The van der Waals surface area contributed by atoms with Gasteiger partial charge in [0.2, 0.25) is 5.95 Å². The second-order valence-corrected chi connectivity index (χ2v) is 6.84. The van der Waals surface area contributed by atoms with Gasteiger partial charge in [-0.25, -0.2) is 4.98 Å². The van der Waals surface area contributed by atoms with Crippen molar-refractivity contribution in [3.8, 4) is 5.75 Å². The smallest absolute Gasteiger partial charge is 0.214 e. The Bertz CT molecular complexity index is 888. The molecule has 0 atom stereocenters. The molecule has 1 aliphatic rings. The molecule has 0 amide bonds. The van der Waals surface area contributed by atoms with Crippen LogP contribution in [0.25, 0.3) is 10.8 Å². The van der Waals surface area contributed by atoms with Crippen molar-refractivity contribution < 1.29 is 9.13 Å². The fourth-order valence-electron chi connectivity index (χ4n) is 3.61. The molecule has 0 bridgehead atoms. The minimum Gasteiger partial charge on any atom is -0.493 e. The molecular formula is C22H24FN3O. The summed E-state index contributed by atoms with van der Waals surface area (Å²) in [6.07, 6.45) is 2.52. The molecule has 2 aromatic carbocycles. The summed E-state index contributed by atoms with van der Waals surface area (Å²) in [5.41, 5.74) is 0.918. The standard InChI is InChI=1S/C22H24FN3O/c23-22-17-19(9-10-24-22)26-14-12-25(13-15-26)11-4-16-27-21-8-3-6-18-5-1-2-7-20(18)21/h1-3,5-10,17H,4,11-16H2. The number of hydrogen-bond acceptors (Lipinski definition) is 4. The number of pyridine rings is 1. The molecule has 4 rings (SSSR count). The molecule has 2 heterocycles. The second-order valence-electron chi connectivity index (χ2n) is 6.84. The van der Waals surface area contributed by atoms with Crippen LogP contribution in [0.4, 0.5) is 10.1 Å². The average Bonchev–Trinajstić information content (AvgIpc) is 2.72. The SMILES string of the molecule is Fc1cc(N2CCN(CCCOc3cccc4ccccc34)CC2)ccn1. The number of hydrogen-bond donors (Lipinski definition) is 0. The first kappa shape index (κ1) is 17.7. The topological polar surface area (TPSA) is 28.6 Å². The van der Waals surface area contributed by atoms with Gasteiger partial charge in [0.1, 0.15) is 5.75 Å². The van der Waals surface area contributed by atoms with Gasteiger partial charge in [-0.3, -0.25) is 4.90 Å². The molecule has 1 aliphatic heterocycles. The number of halogens is 1. The molecule has 1 saturated heterocycles. The Morgan fingerprint density at radius 1 is 0.963 bits per heavy atom. The van der Waals surface area contributed by atoms with E-state index in [0.717, 1.165) is 56.0 Å². The maximum atomic E-state index is 13.3. The van der Waals surface area contributed by atoms with E-state index < -0.39 is 5.95 Å². The highest BCUT2D eigenvalue weighted by Crippen LogP contribution is 2.25. The Morgan fingerprint density at radius 3 is 2.63 bits per heavy atom. The van der Waals surface area contributed by atoms with E-state index in [4.69, 9.17) is 4.74 Å². The predicted molar refractivity (Wildman–Crippen MR) is 107 cm³/mol. The average molecular weight is 365 g/mol. The van der Waals surface area contributed by atoms with Gasteiger partial charge in [-0.15, -0.1) is 0 Å². The molecule has 0 unspecified atom stereocenters. The third kappa shape index (κ3) is 4.37. The van der Waals surface area contributed by atoms with Crippen molar-refractivity contribution in [2.24, 2.45) is 0 Å². The van der Waals surface area contributed by atoms with Crippen LogP contribution in [0.5, 0.6) is 5.75 Å². The number of rotatable bonds is 6. The van der Waals surface area contributed by atoms with Crippen LogP contribution in [0.15, 0.2) is 60.8 Å². The van der Waals surface area contributed by atoms with Gasteiger partial charge in [-0.2, -0.15) is 4.39 Å². The van der Waals surface area contributed by atoms with Crippen molar-refractivity contribution in [3.05, 3.63) is 66.7 Å². The van der Waals surface area contributed by atoms with E-state index in [0.29, 0.717) is 6.61 Å². The highest BCUT2D eigenvalue weighted by Gasteiger charge is 2.17. The molecule has 140 valence electrons. The Balaban J connectivity index is 1.23. The summed E-state index contributed by atoms with van der Waals surface area (Å²) >= 11 is 0. The number of piperazine rings is 1. The number of fused-ring (bicyclic) bond motifs is 1. The van der Waals surface area contributed by atoms with Crippen molar-refractivity contribution in [2.75, 3.05) is 44.2 Å². The maximum absolute atomic E-state index is 13.3. The normalized spacial score (nSPS) is 15.2. The van der Waals surface area contributed by atoms with Crippen molar-refractivity contribution >= 4 is 16.5 Å². The van der Waals surface area contributed by atoms with E-state index >= 15 is 0 Å². The van der Waals surface area contributed by atoms with Crippen molar-refractivity contribution in [1.29, 1.82) is 0 Å². The zero-order valence-corrected chi connectivity index (χ0v) is 15.4. The first-order valence-corrected chi connectivity index (χ1v) is 9.49. The molecule has 4 nitrogen and oxygen atoms in total. The molecule has 27 heavy (non-hydrogen) atoms. The molecule has 0 aliphatic carbocycles. The van der Waals surface area contributed by atoms with Crippen LogP contribution in [0, 0.1) is 5.95 Å². The highest BCUT2D eigenvalue weighted by atomic mass is 19.1. The summed E-state index contributed by atoms with van der Waals surface area (Å²) in [4.78, 5) is 8.29. The molecule has 3 aromatic rings. The number of nitrogens with zero attached hydrogens (tertiary/aromatic N) is 3. The molecular weight excluding hydrogens is 341 g/mol. The van der Waals surface area contributed by atoms with Gasteiger partial charge in [-0.05, 0) is 23.9 Å². The van der Waals surface area contributed by atoms with Gasteiger partial charge < -0.3 is 9.64 Å². The van der Waals surface area contributed by atoms with Crippen LogP contribution in [-0.2, 0) is 0 Å². The maximum Gasteiger partial charge on any atom is 0.214 e. The third-order valence-electron chi connectivity index (χ3n) is 5.07. The number of aromatic nitrogens is 1. The fourth-order valence-corrected chi connectivity index (χ4v) is 3.61. The zero-order valence-electron chi connectivity index (χ0n) is 15.4. The Morgan fingerprint density at radius 2 is 1.78 bits per heavy atom. The first-order valence-electron chi connectivity index (χ1n) is 9.49. The largest absolute Gasteiger partial charge is 0.493 e. The van der Waals surface area contributed by atoms with Crippen LogP contribution in [0.2, 0.25) is 0 Å². The highest BCUT2D eigenvalue weighted by molar-refractivity contribution is 5.88. The summed E-state index contributed by atoms with van der Waals surface area (Å²) in [6.45, 7) is 5.52. The predicted octanol–water partition coefficient (Wildman–Crippen LogP) is 3.97. The van der Waals surface area contributed by atoms with E-state index in [9.17, 15) is 4.39 Å². The fraction of sp³-hybridized carbons (Fsp3) is 0.318. The van der Waals surface area contributed by atoms with Gasteiger partial charge in [0, 0.05) is 56.1 Å². The molecule has 0 spiro atoms. The summed E-state index contributed by atoms with van der Waals surface area (Å²) in [6, 6.07) is 17.9. The van der Waals surface area contributed by atoms with Gasteiger partial charge >= 0.3 is 0 Å². The Kier molecular flexibility index (Phi) is 5.49. The van der Waals surface area contributed by atoms with Gasteiger partial charge in [0.25, 0.3) is 0 Å². The molecule has 0 saturated carbocycles. The first-order chi connectivity index (χ1) is 13.3. The van der Waals surface area contributed by atoms with E-state index in [1.165, 1.54) is 17.6 Å². The minimum absolute atomic E-state index is 0.416. The molecule has 1 aromatic heterocycles. The van der Waals surface area contributed by atoms with Crippen LogP contribution in [-0.4, -0.2) is 49.2 Å². The van der Waals surface area contributed by atoms with Crippen LogP contribution in [0.1, 0.15) is 6.42 Å². The number of benzene rings is 2. The van der Waals surface area contributed by atoms with Gasteiger partial charge in [0.15, 0.2) is 0 Å². The lowest BCUT2D eigenvalue weighted by Gasteiger charge is -2.36. The summed E-state index contributed by atoms with van der Waals surface area (Å²) < 4.78 is 19.3. The van der Waals surface area contributed by atoms with Gasteiger partial charge in [0.05, 0.1) is 6.61 Å². The molecule has 1 fully saturated rings. The van der Waals surface area contributed by atoms with Crippen LogP contribution < -0.4 is 9.64 Å². The summed E-state index contributed by atoms with van der Waals surface area (Å²) in [5, 5.41) is 2.37. The lowest BCUT2D eigenvalue weighted by Crippen LogP contribution is -2.46. The number of anilines is 1. The second kappa shape index (κ2) is 8.35. The van der Waals surface area contributed by atoms with Crippen LogP contribution in [0.3, 0.4) is 0 Å².